The van der Waals surface area contributed by atoms with Crippen LogP contribution in [0.4, 0.5) is 5.95 Å². The number of nitrogens with zero attached hydrogens (tertiary/aromatic N) is 2. The lowest BCUT2D eigenvalue weighted by Gasteiger charge is -2.10. The summed E-state index contributed by atoms with van der Waals surface area (Å²) < 4.78 is 5.33. The van der Waals surface area contributed by atoms with Crippen molar-refractivity contribution in [2.24, 2.45) is 0 Å². The lowest BCUT2D eigenvalue weighted by atomic mass is 10.1. The summed E-state index contributed by atoms with van der Waals surface area (Å²) >= 11 is 0. The minimum absolute atomic E-state index is 0.214. The quantitative estimate of drug-likeness (QED) is 0.644. The molecule has 3 aromatic rings. The molecule has 0 aliphatic heterocycles. The van der Waals surface area contributed by atoms with Gasteiger partial charge in [-0.15, -0.1) is 0 Å². The Bertz CT molecular complexity index is 884. The third-order valence-electron chi connectivity index (χ3n) is 4.06. The van der Waals surface area contributed by atoms with Crippen LogP contribution in [0.1, 0.15) is 21.6 Å². The van der Waals surface area contributed by atoms with Crippen LogP contribution < -0.4 is 15.4 Å². The predicted octanol–water partition coefficient (Wildman–Crippen LogP) is 3.07. The van der Waals surface area contributed by atoms with Gasteiger partial charge < -0.3 is 15.4 Å². The number of nitrogens with one attached hydrogen (secondary N) is 2. The Kier molecular flexibility index (Phi) is 6.35. The van der Waals surface area contributed by atoms with Crippen molar-refractivity contribution in [3.8, 4) is 5.75 Å². The van der Waals surface area contributed by atoms with Crippen LogP contribution in [0.3, 0.4) is 0 Å². The Morgan fingerprint density at radius 2 is 1.81 bits per heavy atom. The number of aromatic nitrogens is 2. The molecule has 0 aliphatic rings. The highest BCUT2D eigenvalue weighted by Crippen LogP contribution is 2.18. The molecule has 1 heterocycles. The normalized spacial score (nSPS) is 10.3. The summed E-state index contributed by atoms with van der Waals surface area (Å²) in [5.41, 5.74) is 2.50. The molecule has 3 rings (SSSR count). The molecular formula is C21H22N4O2. The van der Waals surface area contributed by atoms with Crippen molar-refractivity contribution in [3.63, 3.8) is 0 Å². The molecule has 0 fully saturated rings. The van der Waals surface area contributed by atoms with Gasteiger partial charge >= 0.3 is 0 Å². The van der Waals surface area contributed by atoms with Crippen LogP contribution >= 0.6 is 0 Å². The highest BCUT2D eigenvalue weighted by Gasteiger charge is 2.09. The van der Waals surface area contributed by atoms with Gasteiger partial charge in [0.2, 0.25) is 5.95 Å². The number of carbonyl (C=O) groups excluding carboxylic acids is 1. The van der Waals surface area contributed by atoms with E-state index < -0.39 is 0 Å². The number of amides is 1. The molecule has 0 atom stereocenters. The van der Waals surface area contributed by atoms with E-state index in [9.17, 15) is 4.79 Å². The number of rotatable bonds is 8. The smallest absolute Gasteiger partial charge is 0.270 e. The minimum Gasteiger partial charge on any atom is -0.496 e. The number of hydrogen-bond donors (Lipinski definition) is 2. The van der Waals surface area contributed by atoms with Crippen molar-refractivity contribution in [1.29, 1.82) is 0 Å². The predicted molar refractivity (Wildman–Crippen MR) is 105 cm³/mol. The minimum atomic E-state index is -0.214. The van der Waals surface area contributed by atoms with E-state index in [2.05, 4.69) is 20.6 Å². The van der Waals surface area contributed by atoms with Crippen molar-refractivity contribution in [2.45, 2.75) is 13.0 Å². The number of methoxy groups -OCH3 is 1. The molecule has 0 aliphatic carbocycles. The Balaban J connectivity index is 1.55. The Morgan fingerprint density at radius 3 is 2.63 bits per heavy atom. The number of para-hydroxylation sites is 1. The van der Waals surface area contributed by atoms with Gasteiger partial charge in [-0.05, 0) is 24.1 Å². The zero-order chi connectivity index (χ0) is 18.9. The van der Waals surface area contributed by atoms with E-state index in [1.54, 1.807) is 19.4 Å². The Labute approximate surface area is 158 Å². The fraction of sp³-hybridized carbons (Fsp3) is 0.190. The average molecular weight is 362 g/mol. The van der Waals surface area contributed by atoms with Crippen molar-refractivity contribution in [1.82, 2.24) is 15.3 Å². The van der Waals surface area contributed by atoms with E-state index in [0.717, 1.165) is 17.7 Å². The first-order valence-corrected chi connectivity index (χ1v) is 8.77. The Hall–Kier alpha value is -3.41. The van der Waals surface area contributed by atoms with Crippen LogP contribution in [0, 0.1) is 0 Å². The van der Waals surface area contributed by atoms with Gasteiger partial charge in [-0.3, -0.25) is 4.79 Å². The third kappa shape index (κ3) is 5.28. The van der Waals surface area contributed by atoms with Crippen molar-refractivity contribution in [2.75, 3.05) is 19.0 Å². The van der Waals surface area contributed by atoms with Crippen molar-refractivity contribution < 1.29 is 9.53 Å². The van der Waals surface area contributed by atoms with Gasteiger partial charge in [0.15, 0.2) is 0 Å². The summed E-state index contributed by atoms with van der Waals surface area (Å²) in [5.74, 6) is 0.977. The maximum absolute atomic E-state index is 12.3. The summed E-state index contributed by atoms with van der Waals surface area (Å²) in [4.78, 5) is 20.8. The van der Waals surface area contributed by atoms with Gasteiger partial charge in [0.25, 0.3) is 5.91 Å². The van der Waals surface area contributed by atoms with E-state index in [-0.39, 0.29) is 5.91 Å². The van der Waals surface area contributed by atoms with Gasteiger partial charge in [0, 0.05) is 24.8 Å². The monoisotopic (exact) mass is 362 g/mol. The van der Waals surface area contributed by atoms with Crippen LogP contribution in [-0.4, -0.2) is 29.5 Å². The number of carbonyl (C=O) groups is 1. The van der Waals surface area contributed by atoms with E-state index in [4.69, 9.17) is 4.74 Å². The van der Waals surface area contributed by atoms with Gasteiger partial charge in [0.05, 0.1) is 7.11 Å². The summed E-state index contributed by atoms with van der Waals surface area (Å²) in [6, 6.07) is 19.3. The van der Waals surface area contributed by atoms with Crippen LogP contribution in [0.25, 0.3) is 0 Å². The van der Waals surface area contributed by atoms with E-state index in [1.807, 2.05) is 54.6 Å². The molecule has 2 N–H and O–H groups in total. The second-order valence-corrected chi connectivity index (χ2v) is 5.92. The SMILES string of the molecule is COc1ccccc1CNc1nccc(C(=O)NCCc2ccccc2)n1. The fourth-order valence-electron chi connectivity index (χ4n) is 2.65. The molecule has 6 heteroatoms. The van der Waals surface area contributed by atoms with E-state index in [0.29, 0.717) is 24.7 Å². The van der Waals surface area contributed by atoms with Gasteiger partial charge in [0.1, 0.15) is 11.4 Å². The molecule has 138 valence electrons. The lowest BCUT2D eigenvalue weighted by molar-refractivity contribution is 0.0949. The lowest BCUT2D eigenvalue weighted by Crippen LogP contribution is -2.26. The molecule has 0 saturated heterocycles. The maximum atomic E-state index is 12.3. The summed E-state index contributed by atoms with van der Waals surface area (Å²) in [6.07, 6.45) is 2.35. The summed E-state index contributed by atoms with van der Waals surface area (Å²) in [5, 5.41) is 6.02. The largest absolute Gasteiger partial charge is 0.496 e. The molecule has 0 unspecified atom stereocenters. The summed E-state index contributed by atoms with van der Waals surface area (Å²) in [6.45, 7) is 1.06. The number of hydrogen-bond acceptors (Lipinski definition) is 5. The molecule has 0 bridgehead atoms. The van der Waals surface area contributed by atoms with Gasteiger partial charge in [-0.1, -0.05) is 48.5 Å². The molecular weight excluding hydrogens is 340 g/mol. The van der Waals surface area contributed by atoms with Crippen molar-refractivity contribution in [3.05, 3.63) is 83.7 Å². The highest BCUT2D eigenvalue weighted by molar-refractivity contribution is 5.92. The first-order chi connectivity index (χ1) is 13.3. The maximum Gasteiger partial charge on any atom is 0.270 e. The van der Waals surface area contributed by atoms with E-state index in [1.165, 1.54) is 5.56 Å². The topological polar surface area (TPSA) is 76.1 Å². The molecule has 6 nitrogen and oxygen atoms in total. The molecule has 0 spiro atoms. The first kappa shape index (κ1) is 18.4. The van der Waals surface area contributed by atoms with Gasteiger partial charge in [-0.25, -0.2) is 9.97 Å². The van der Waals surface area contributed by atoms with Crippen LogP contribution in [0.2, 0.25) is 0 Å². The first-order valence-electron chi connectivity index (χ1n) is 8.77. The molecule has 1 amide bonds. The number of benzene rings is 2. The third-order valence-corrected chi connectivity index (χ3v) is 4.06. The van der Waals surface area contributed by atoms with Crippen LogP contribution in [-0.2, 0) is 13.0 Å². The van der Waals surface area contributed by atoms with Crippen molar-refractivity contribution >= 4 is 11.9 Å². The fourth-order valence-corrected chi connectivity index (χ4v) is 2.65. The van der Waals surface area contributed by atoms with Gasteiger partial charge in [-0.2, -0.15) is 0 Å². The zero-order valence-corrected chi connectivity index (χ0v) is 15.2. The number of ether oxygens (including phenoxy) is 1. The molecule has 0 saturated carbocycles. The average Bonchev–Trinajstić information content (AvgIpc) is 2.73. The second kappa shape index (κ2) is 9.33. The molecule has 2 aromatic carbocycles. The van der Waals surface area contributed by atoms with E-state index >= 15 is 0 Å². The van der Waals surface area contributed by atoms with Crippen LogP contribution in [0.15, 0.2) is 66.9 Å². The van der Waals surface area contributed by atoms with Crippen LogP contribution in [0.5, 0.6) is 5.75 Å². The number of anilines is 1. The zero-order valence-electron chi connectivity index (χ0n) is 15.2. The Morgan fingerprint density at radius 1 is 1.04 bits per heavy atom. The molecule has 0 radical (unpaired) electrons. The molecule has 27 heavy (non-hydrogen) atoms. The molecule has 1 aromatic heterocycles. The highest BCUT2D eigenvalue weighted by atomic mass is 16.5. The second-order valence-electron chi connectivity index (χ2n) is 5.92. The summed E-state index contributed by atoms with van der Waals surface area (Å²) in [7, 11) is 1.63. The standard InChI is InChI=1S/C21H22N4O2/c1-27-19-10-6-5-9-17(19)15-24-21-23-14-12-18(25-21)20(26)22-13-11-16-7-3-2-4-8-16/h2-10,12,14H,11,13,15H2,1H3,(H,22,26)(H,23,24,25).